The maximum Gasteiger partial charge on any atom is 0.330 e. The topological polar surface area (TPSA) is 101 Å². The number of anilines is 2. The molecule has 166 valence electrons. The molecule has 0 atom stereocenters. The summed E-state index contributed by atoms with van der Waals surface area (Å²) in [6, 6.07) is 15.1. The fourth-order valence-corrected chi connectivity index (χ4v) is 3.27. The number of halogens is 1. The predicted octanol–water partition coefficient (Wildman–Crippen LogP) is 3.30. The van der Waals surface area contributed by atoms with Crippen molar-refractivity contribution in [3.63, 3.8) is 0 Å². The Labute approximate surface area is 184 Å². The molecule has 2 aromatic carbocycles. The van der Waals surface area contributed by atoms with Gasteiger partial charge in [-0.25, -0.2) is 9.18 Å². The van der Waals surface area contributed by atoms with Gasteiger partial charge in [0.2, 0.25) is 0 Å². The van der Waals surface area contributed by atoms with Gasteiger partial charge in [0.25, 0.3) is 11.5 Å². The van der Waals surface area contributed by atoms with Crippen molar-refractivity contribution < 1.29 is 9.18 Å². The molecule has 0 fully saturated rings. The van der Waals surface area contributed by atoms with E-state index in [2.05, 4.69) is 4.98 Å². The van der Waals surface area contributed by atoms with E-state index in [4.69, 9.17) is 5.73 Å². The van der Waals surface area contributed by atoms with E-state index in [-0.39, 0.29) is 23.6 Å². The van der Waals surface area contributed by atoms with Gasteiger partial charge < -0.3 is 5.73 Å². The van der Waals surface area contributed by atoms with Crippen molar-refractivity contribution in [2.24, 2.45) is 0 Å². The number of nitrogens with zero attached hydrogens (tertiary/aromatic N) is 2. The number of unbranched alkanes of at least 4 members (excludes halogenated alkanes) is 1. The summed E-state index contributed by atoms with van der Waals surface area (Å²) >= 11 is 0. The number of rotatable bonds is 8. The van der Waals surface area contributed by atoms with Gasteiger partial charge in [-0.3, -0.25) is 24.0 Å². The molecule has 7 nitrogen and oxygen atoms in total. The van der Waals surface area contributed by atoms with Crippen LogP contribution in [0.5, 0.6) is 0 Å². The monoisotopic (exact) mass is 436 g/mol. The molecule has 0 saturated heterocycles. The van der Waals surface area contributed by atoms with Gasteiger partial charge in [-0.15, -0.1) is 0 Å². The Bertz CT molecular complexity index is 1230. The molecule has 0 bridgehead atoms. The molecule has 0 unspecified atom stereocenters. The average Bonchev–Trinajstić information content (AvgIpc) is 2.78. The van der Waals surface area contributed by atoms with Crippen LogP contribution in [0, 0.1) is 5.82 Å². The second-order valence-corrected chi connectivity index (χ2v) is 7.26. The molecule has 0 aliphatic heterocycles. The number of nitrogen functional groups attached to an aromatic ring is 1. The standard InChI is InChI=1S/C24H25FN4O3/c1-2-3-15-28-22(26)21(23(31)27-24(28)32)29(16-17-9-5-4-6-10-17)20(30)14-13-18-11-7-8-12-19(18)25/h4-14H,2-3,15-16,26H2,1H3,(H,27,31,32)/b14-13+. The third kappa shape index (κ3) is 5.21. The van der Waals surface area contributed by atoms with Crippen LogP contribution in [0.15, 0.2) is 70.3 Å². The van der Waals surface area contributed by atoms with Gasteiger partial charge in [0, 0.05) is 18.2 Å². The van der Waals surface area contributed by atoms with Gasteiger partial charge in [-0.05, 0) is 24.1 Å². The molecular weight excluding hydrogens is 411 g/mol. The van der Waals surface area contributed by atoms with Crippen LogP contribution in [-0.4, -0.2) is 15.5 Å². The molecule has 3 N–H and O–H groups in total. The second-order valence-electron chi connectivity index (χ2n) is 7.26. The van der Waals surface area contributed by atoms with Crippen LogP contribution < -0.4 is 21.9 Å². The Balaban J connectivity index is 2.07. The number of nitrogens with two attached hydrogens (primary N) is 1. The zero-order chi connectivity index (χ0) is 23.1. The van der Waals surface area contributed by atoms with E-state index < -0.39 is 23.0 Å². The summed E-state index contributed by atoms with van der Waals surface area (Å²) in [6.45, 7) is 2.32. The Morgan fingerprint density at radius 2 is 1.81 bits per heavy atom. The maximum absolute atomic E-state index is 14.0. The number of benzene rings is 2. The molecule has 0 spiro atoms. The highest BCUT2D eigenvalue weighted by Crippen LogP contribution is 2.21. The zero-order valence-electron chi connectivity index (χ0n) is 17.8. The van der Waals surface area contributed by atoms with Gasteiger partial charge in [0.1, 0.15) is 11.6 Å². The summed E-state index contributed by atoms with van der Waals surface area (Å²) < 4.78 is 15.2. The summed E-state index contributed by atoms with van der Waals surface area (Å²) in [5.74, 6) is -1.14. The molecule has 1 heterocycles. The molecule has 0 aliphatic carbocycles. The number of carbonyl (C=O) groups excluding carboxylic acids is 1. The van der Waals surface area contributed by atoms with E-state index in [1.54, 1.807) is 24.3 Å². The van der Waals surface area contributed by atoms with Crippen LogP contribution in [0.4, 0.5) is 15.9 Å². The minimum atomic E-state index is -0.760. The molecule has 1 amide bonds. The van der Waals surface area contributed by atoms with Crippen molar-refractivity contribution >= 4 is 23.5 Å². The molecule has 3 aromatic rings. The first-order valence-corrected chi connectivity index (χ1v) is 10.3. The number of hydrogen-bond acceptors (Lipinski definition) is 4. The fraction of sp³-hybridized carbons (Fsp3) is 0.208. The third-order valence-corrected chi connectivity index (χ3v) is 4.98. The van der Waals surface area contributed by atoms with Crippen molar-refractivity contribution in [1.82, 2.24) is 9.55 Å². The first kappa shape index (κ1) is 22.7. The van der Waals surface area contributed by atoms with E-state index in [0.29, 0.717) is 13.0 Å². The Morgan fingerprint density at radius 1 is 1.12 bits per heavy atom. The molecule has 8 heteroatoms. The van der Waals surface area contributed by atoms with Crippen LogP contribution in [0.25, 0.3) is 6.08 Å². The number of H-pyrrole nitrogens is 1. The number of aromatic nitrogens is 2. The van der Waals surface area contributed by atoms with Gasteiger partial charge in [-0.1, -0.05) is 61.9 Å². The number of amides is 1. The summed E-state index contributed by atoms with van der Waals surface area (Å²) in [5, 5.41) is 0. The molecule has 1 aromatic heterocycles. The van der Waals surface area contributed by atoms with Gasteiger partial charge in [0.05, 0.1) is 6.54 Å². The number of aromatic amines is 1. The van der Waals surface area contributed by atoms with Crippen LogP contribution >= 0.6 is 0 Å². The lowest BCUT2D eigenvalue weighted by molar-refractivity contribution is -0.114. The van der Waals surface area contributed by atoms with E-state index in [0.717, 1.165) is 12.0 Å². The summed E-state index contributed by atoms with van der Waals surface area (Å²) in [6.07, 6.45) is 4.02. The van der Waals surface area contributed by atoms with Gasteiger partial charge in [0.15, 0.2) is 5.69 Å². The lowest BCUT2D eigenvalue weighted by Crippen LogP contribution is -2.40. The number of nitrogens with one attached hydrogen (secondary N) is 1. The highest BCUT2D eigenvalue weighted by Gasteiger charge is 2.23. The van der Waals surface area contributed by atoms with E-state index >= 15 is 0 Å². The highest BCUT2D eigenvalue weighted by molar-refractivity contribution is 6.05. The molecule has 0 saturated carbocycles. The third-order valence-electron chi connectivity index (χ3n) is 4.98. The molecule has 32 heavy (non-hydrogen) atoms. The molecule has 0 aliphatic rings. The lowest BCUT2D eigenvalue weighted by atomic mass is 10.1. The Morgan fingerprint density at radius 3 is 2.50 bits per heavy atom. The minimum Gasteiger partial charge on any atom is -0.383 e. The quantitative estimate of drug-likeness (QED) is 0.529. The van der Waals surface area contributed by atoms with Crippen molar-refractivity contribution in [2.45, 2.75) is 32.9 Å². The molecule has 3 rings (SSSR count). The van der Waals surface area contributed by atoms with Crippen LogP contribution in [0.2, 0.25) is 0 Å². The maximum atomic E-state index is 14.0. The van der Waals surface area contributed by atoms with Gasteiger partial charge in [-0.2, -0.15) is 0 Å². The molecular formula is C24H25FN4O3. The lowest BCUT2D eigenvalue weighted by Gasteiger charge is -2.23. The number of carbonyl (C=O) groups is 1. The smallest absolute Gasteiger partial charge is 0.330 e. The first-order valence-electron chi connectivity index (χ1n) is 10.3. The highest BCUT2D eigenvalue weighted by atomic mass is 19.1. The Hall–Kier alpha value is -3.94. The average molecular weight is 436 g/mol. The van der Waals surface area contributed by atoms with Crippen molar-refractivity contribution in [1.29, 1.82) is 0 Å². The second kappa shape index (κ2) is 10.4. The zero-order valence-corrected chi connectivity index (χ0v) is 17.8. The van der Waals surface area contributed by atoms with E-state index in [1.165, 1.54) is 33.8 Å². The minimum absolute atomic E-state index is 0.0422. The van der Waals surface area contributed by atoms with Crippen molar-refractivity contribution in [2.75, 3.05) is 10.6 Å². The largest absolute Gasteiger partial charge is 0.383 e. The van der Waals surface area contributed by atoms with E-state index in [9.17, 15) is 18.8 Å². The van der Waals surface area contributed by atoms with Crippen LogP contribution in [0.3, 0.4) is 0 Å². The van der Waals surface area contributed by atoms with Crippen LogP contribution in [0.1, 0.15) is 30.9 Å². The summed E-state index contributed by atoms with van der Waals surface area (Å²) in [4.78, 5) is 41.6. The van der Waals surface area contributed by atoms with Crippen LogP contribution in [-0.2, 0) is 17.9 Å². The van der Waals surface area contributed by atoms with Crippen molar-refractivity contribution in [3.05, 3.63) is 98.5 Å². The summed E-state index contributed by atoms with van der Waals surface area (Å²) in [7, 11) is 0. The van der Waals surface area contributed by atoms with E-state index in [1.807, 2.05) is 25.1 Å². The SMILES string of the molecule is CCCCn1c(N)c(N(Cc2ccccc2)C(=O)/C=C/c2ccccc2F)c(=O)[nH]c1=O. The van der Waals surface area contributed by atoms with Gasteiger partial charge >= 0.3 is 5.69 Å². The fourth-order valence-electron chi connectivity index (χ4n) is 3.27. The Kier molecular flexibility index (Phi) is 7.38. The molecule has 0 radical (unpaired) electrons. The predicted molar refractivity (Wildman–Crippen MR) is 124 cm³/mol. The first-order chi connectivity index (χ1) is 15.4. The van der Waals surface area contributed by atoms with Crippen molar-refractivity contribution in [3.8, 4) is 0 Å². The normalized spacial score (nSPS) is 11.1. The number of hydrogen-bond donors (Lipinski definition) is 2. The summed E-state index contributed by atoms with van der Waals surface area (Å²) in [5.41, 5.74) is 5.70.